The van der Waals surface area contributed by atoms with E-state index in [4.69, 9.17) is 4.74 Å². The van der Waals surface area contributed by atoms with Crippen LogP contribution in [0.3, 0.4) is 0 Å². The maximum atomic E-state index is 9.32. The molecule has 3 heteroatoms. The van der Waals surface area contributed by atoms with Gasteiger partial charge < -0.3 is 9.84 Å². The molecule has 0 fully saturated rings. The van der Waals surface area contributed by atoms with E-state index in [9.17, 15) is 5.11 Å². The number of aromatic nitrogens is 1. The second kappa shape index (κ2) is 5.41. The number of aliphatic hydroxyl groups is 1. The van der Waals surface area contributed by atoms with Crippen molar-refractivity contribution in [3.63, 3.8) is 0 Å². The molecule has 0 saturated heterocycles. The lowest BCUT2D eigenvalue weighted by atomic mass is 9.89. The summed E-state index contributed by atoms with van der Waals surface area (Å²) in [5, 5.41) is 9.32. The van der Waals surface area contributed by atoms with Crippen LogP contribution in [0.2, 0.25) is 0 Å². The van der Waals surface area contributed by atoms with Crippen LogP contribution in [0.5, 0.6) is 5.75 Å². The molecule has 0 saturated carbocycles. The molecule has 1 aromatic heterocycles. The zero-order valence-corrected chi connectivity index (χ0v) is 10.7. The molecular weight excluding hydrogens is 238 g/mol. The van der Waals surface area contributed by atoms with Crippen molar-refractivity contribution in [1.82, 2.24) is 4.98 Å². The fourth-order valence-corrected chi connectivity index (χ4v) is 2.63. The Balaban J connectivity index is 1.88. The zero-order valence-electron chi connectivity index (χ0n) is 10.7. The molecule has 19 heavy (non-hydrogen) atoms. The summed E-state index contributed by atoms with van der Waals surface area (Å²) < 4.78 is 6.10. The van der Waals surface area contributed by atoms with Gasteiger partial charge in [-0.1, -0.05) is 24.3 Å². The molecule has 1 aliphatic rings. The standard InChI is InChI=1S/C16H17NO2/c18-11-13-10-17-9-8-15(13)19-16-7-3-5-12-4-1-2-6-14(12)16/h1-2,4,6,8-10,16,18H,3,5,7,11H2. The van der Waals surface area contributed by atoms with Crippen LogP contribution in [0.15, 0.2) is 42.7 Å². The highest BCUT2D eigenvalue weighted by atomic mass is 16.5. The molecule has 1 atom stereocenters. The van der Waals surface area contributed by atoms with Gasteiger partial charge in [-0.15, -0.1) is 0 Å². The largest absolute Gasteiger partial charge is 0.485 e. The summed E-state index contributed by atoms with van der Waals surface area (Å²) in [5.41, 5.74) is 3.39. The van der Waals surface area contributed by atoms with Gasteiger partial charge in [-0.25, -0.2) is 0 Å². The normalized spacial score (nSPS) is 17.8. The first-order valence-electron chi connectivity index (χ1n) is 6.66. The first-order valence-corrected chi connectivity index (χ1v) is 6.66. The lowest BCUT2D eigenvalue weighted by Crippen LogP contribution is -2.15. The summed E-state index contributed by atoms with van der Waals surface area (Å²) in [6, 6.07) is 10.3. The molecule has 1 heterocycles. The van der Waals surface area contributed by atoms with Crippen molar-refractivity contribution in [1.29, 1.82) is 0 Å². The highest BCUT2D eigenvalue weighted by Gasteiger charge is 2.21. The van der Waals surface area contributed by atoms with E-state index >= 15 is 0 Å². The maximum Gasteiger partial charge on any atom is 0.128 e. The Labute approximate surface area is 112 Å². The number of nitrogens with zero attached hydrogens (tertiary/aromatic N) is 1. The lowest BCUT2D eigenvalue weighted by molar-refractivity contribution is 0.175. The molecule has 0 aliphatic heterocycles. The van der Waals surface area contributed by atoms with Gasteiger partial charge in [-0.3, -0.25) is 4.98 Å². The van der Waals surface area contributed by atoms with Crippen LogP contribution >= 0.6 is 0 Å². The average molecular weight is 255 g/mol. The Bertz CT molecular complexity index is 568. The summed E-state index contributed by atoms with van der Waals surface area (Å²) in [5.74, 6) is 0.735. The lowest BCUT2D eigenvalue weighted by Gasteiger charge is -2.27. The van der Waals surface area contributed by atoms with E-state index in [1.54, 1.807) is 12.4 Å². The predicted molar refractivity (Wildman–Crippen MR) is 72.9 cm³/mol. The minimum Gasteiger partial charge on any atom is -0.485 e. The summed E-state index contributed by atoms with van der Waals surface area (Å²) in [4.78, 5) is 4.01. The summed E-state index contributed by atoms with van der Waals surface area (Å²) in [6.45, 7) is -0.0441. The summed E-state index contributed by atoms with van der Waals surface area (Å²) >= 11 is 0. The van der Waals surface area contributed by atoms with Gasteiger partial charge in [0.2, 0.25) is 0 Å². The molecule has 0 bridgehead atoms. The van der Waals surface area contributed by atoms with Crippen LogP contribution in [0.1, 0.15) is 35.6 Å². The fraction of sp³-hybridized carbons (Fsp3) is 0.312. The van der Waals surface area contributed by atoms with E-state index in [2.05, 4.69) is 29.2 Å². The number of benzene rings is 1. The molecular formula is C16H17NO2. The zero-order chi connectivity index (χ0) is 13.1. The van der Waals surface area contributed by atoms with Crippen molar-refractivity contribution in [3.8, 4) is 5.75 Å². The SMILES string of the molecule is OCc1cnccc1OC1CCCc2ccccc21. The predicted octanol–water partition coefficient (Wildman–Crippen LogP) is 3.03. The van der Waals surface area contributed by atoms with Crippen molar-refractivity contribution in [2.45, 2.75) is 32.0 Å². The van der Waals surface area contributed by atoms with Crippen LogP contribution in [-0.2, 0) is 13.0 Å². The van der Waals surface area contributed by atoms with Gasteiger partial charge in [0.15, 0.2) is 0 Å². The van der Waals surface area contributed by atoms with Gasteiger partial charge in [0, 0.05) is 18.0 Å². The number of hydrogen-bond donors (Lipinski definition) is 1. The summed E-state index contributed by atoms with van der Waals surface area (Å²) in [7, 11) is 0. The van der Waals surface area contributed by atoms with Crippen LogP contribution in [0, 0.1) is 0 Å². The van der Waals surface area contributed by atoms with Gasteiger partial charge in [0.05, 0.1) is 6.61 Å². The number of ether oxygens (including phenoxy) is 1. The molecule has 0 radical (unpaired) electrons. The van der Waals surface area contributed by atoms with E-state index in [0.29, 0.717) is 0 Å². The average Bonchev–Trinajstić information content (AvgIpc) is 2.48. The summed E-state index contributed by atoms with van der Waals surface area (Å²) in [6.07, 6.45) is 6.72. The Hall–Kier alpha value is -1.87. The quantitative estimate of drug-likeness (QED) is 0.916. The maximum absolute atomic E-state index is 9.32. The Kier molecular flexibility index (Phi) is 3.47. The smallest absolute Gasteiger partial charge is 0.128 e. The number of rotatable bonds is 3. The number of fused-ring (bicyclic) bond motifs is 1. The van der Waals surface area contributed by atoms with Gasteiger partial charge in [0.1, 0.15) is 11.9 Å². The molecule has 1 aromatic carbocycles. The minimum atomic E-state index is -0.0441. The first-order chi connectivity index (χ1) is 9.38. The second-order valence-corrected chi connectivity index (χ2v) is 4.84. The van der Waals surface area contributed by atoms with E-state index in [1.807, 2.05) is 6.07 Å². The van der Waals surface area contributed by atoms with Crippen LogP contribution < -0.4 is 4.74 Å². The first kappa shape index (κ1) is 12.2. The van der Waals surface area contributed by atoms with Gasteiger partial charge in [0.25, 0.3) is 0 Å². The van der Waals surface area contributed by atoms with Crippen LogP contribution in [0.25, 0.3) is 0 Å². The number of pyridine rings is 1. The molecule has 2 aromatic rings. The highest BCUT2D eigenvalue weighted by molar-refractivity contribution is 5.34. The Morgan fingerprint density at radius 3 is 3.05 bits per heavy atom. The minimum absolute atomic E-state index is 0.0441. The van der Waals surface area contributed by atoms with E-state index in [1.165, 1.54) is 11.1 Å². The van der Waals surface area contributed by atoms with Crippen molar-refractivity contribution < 1.29 is 9.84 Å². The van der Waals surface area contributed by atoms with Gasteiger partial charge in [-0.05, 0) is 36.5 Å². The molecule has 3 rings (SSSR count). The molecule has 98 valence electrons. The third-order valence-electron chi connectivity index (χ3n) is 3.61. The highest BCUT2D eigenvalue weighted by Crippen LogP contribution is 2.34. The number of aliphatic hydroxyl groups excluding tert-OH is 1. The molecule has 1 aliphatic carbocycles. The Morgan fingerprint density at radius 1 is 1.26 bits per heavy atom. The number of aryl methyl sites for hydroxylation is 1. The van der Waals surface area contributed by atoms with Crippen LogP contribution in [0.4, 0.5) is 0 Å². The van der Waals surface area contributed by atoms with Crippen molar-refractivity contribution in [2.75, 3.05) is 0 Å². The third-order valence-corrected chi connectivity index (χ3v) is 3.61. The fourth-order valence-electron chi connectivity index (χ4n) is 2.63. The topological polar surface area (TPSA) is 42.4 Å². The van der Waals surface area contributed by atoms with E-state index in [0.717, 1.165) is 30.6 Å². The Morgan fingerprint density at radius 2 is 2.16 bits per heavy atom. The molecule has 1 N–H and O–H groups in total. The molecule has 0 amide bonds. The van der Waals surface area contributed by atoms with Crippen molar-refractivity contribution in [2.24, 2.45) is 0 Å². The van der Waals surface area contributed by atoms with E-state index < -0.39 is 0 Å². The van der Waals surface area contributed by atoms with Crippen molar-refractivity contribution in [3.05, 3.63) is 59.4 Å². The molecule has 1 unspecified atom stereocenters. The third kappa shape index (κ3) is 2.47. The molecule has 0 spiro atoms. The van der Waals surface area contributed by atoms with Gasteiger partial charge in [-0.2, -0.15) is 0 Å². The van der Waals surface area contributed by atoms with Crippen molar-refractivity contribution >= 4 is 0 Å². The van der Waals surface area contributed by atoms with Gasteiger partial charge >= 0.3 is 0 Å². The monoisotopic (exact) mass is 255 g/mol. The van der Waals surface area contributed by atoms with E-state index in [-0.39, 0.29) is 12.7 Å². The number of hydrogen-bond acceptors (Lipinski definition) is 3. The molecule has 3 nitrogen and oxygen atoms in total. The second-order valence-electron chi connectivity index (χ2n) is 4.84. The van der Waals surface area contributed by atoms with Crippen LogP contribution in [-0.4, -0.2) is 10.1 Å².